The molecule has 90 valence electrons. The van der Waals surface area contributed by atoms with Crippen molar-refractivity contribution < 1.29 is 14.3 Å². The maximum Gasteiger partial charge on any atom is 0.310 e. The summed E-state index contributed by atoms with van der Waals surface area (Å²) in [6, 6.07) is 0. The van der Waals surface area contributed by atoms with Crippen molar-refractivity contribution >= 4 is 5.97 Å². The molecule has 1 atom stereocenters. The molecule has 0 aliphatic heterocycles. The molecule has 0 aromatic rings. The molecular weight excluding hydrogens is 194 g/mol. The molecule has 0 aromatic heterocycles. The highest BCUT2D eigenvalue weighted by atomic mass is 16.6. The van der Waals surface area contributed by atoms with E-state index in [9.17, 15) is 4.79 Å². The maximum atomic E-state index is 11.4. The van der Waals surface area contributed by atoms with E-state index in [4.69, 9.17) is 9.47 Å². The first-order valence-corrected chi connectivity index (χ1v) is 5.67. The summed E-state index contributed by atoms with van der Waals surface area (Å²) in [5.41, 5.74) is 0. The topological polar surface area (TPSA) is 47.6 Å². The molecular formula is C11H23NO3. The summed E-state index contributed by atoms with van der Waals surface area (Å²) in [6.45, 7) is 9.04. The van der Waals surface area contributed by atoms with E-state index >= 15 is 0 Å². The third kappa shape index (κ3) is 8.39. The molecule has 0 spiro atoms. The number of rotatable bonds is 9. The zero-order valence-corrected chi connectivity index (χ0v) is 10.0. The number of hydrogen-bond donors (Lipinski definition) is 1. The summed E-state index contributed by atoms with van der Waals surface area (Å²) in [4.78, 5) is 11.4. The van der Waals surface area contributed by atoms with E-state index in [2.05, 4.69) is 5.32 Å². The van der Waals surface area contributed by atoms with Gasteiger partial charge >= 0.3 is 5.97 Å². The van der Waals surface area contributed by atoms with Gasteiger partial charge in [0.2, 0.25) is 0 Å². The van der Waals surface area contributed by atoms with Gasteiger partial charge in [-0.3, -0.25) is 4.79 Å². The Labute approximate surface area is 92.3 Å². The Kier molecular flexibility index (Phi) is 9.52. The number of nitrogens with one attached hydrogen (secondary N) is 1. The third-order valence-corrected chi connectivity index (χ3v) is 1.92. The smallest absolute Gasteiger partial charge is 0.310 e. The molecule has 0 heterocycles. The molecule has 0 bridgehead atoms. The minimum Gasteiger partial charge on any atom is -0.463 e. The first-order chi connectivity index (χ1) is 7.22. The summed E-state index contributed by atoms with van der Waals surface area (Å²) in [6.07, 6.45) is 0.991. The van der Waals surface area contributed by atoms with Crippen LogP contribution >= 0.6 is 0 Å². The van der Waals surface area contributed by atoms with Crippen LogP contribution < -0.4 is 5.32 Å². The molecule has 0 aromatic carbocycles. The number of esters is 1. The second-order valence-corrected chi connectivity index (χ2v) is 3.49. The highest BCUT2D eigenvalue weighted by molar-refractivity contribution is 5.72. The van der Waals surface area contributed by atoms with Crippen LogP contribution in [0.2, 0.25) is 0 Å². The van der Waals surface area contributed by atoms with Gasteiger partial charge < -0.3 is 14.8 Å². The van der Waals surface area contributed by atoms with E-state index in [-0.39, 0.29) is 11.9 Å². The van der Waals surface area contributed by atoms with Gasteiger partial charge in [-0.15, -0.1) is 0 Å². The van der Waals surface area contributed by atoms with E-state index < -0.39 is 0 Å². The van der Waals surface area contributed by atoms with Crippen molar-refractivity contribution in [3.63, 3.8) is 0 Å². The lowest BCUT2D eigenvalue weighted by Gasteiger charge is -2.11. The van der Waals surface area contributed by atoms with Crippen LogP contribution in [0.15, 0.2) is 0 Å². The van der Waals surface area contributed by atoms with Crippen LogP contribution in [-0.2, 0) is 14.3 Å². The molecule has 1 unspecified atom stereocenters. The van der Waals surface area contributed by atoms with Crippen LogP contribution in [0, 0.1) is 5.92 Å². The molecule has 0 aliphatic carbocycles. The van der Waals surface area contributed by atoms with Gasteiger partial charge in [0.05, 0.1) is 12.5 Å². The molecule has 15 heavy (non-hydrogen) atoms. The first-order valence-electron chi connectivity index (χ1n) is 5.67. The first kappa shape index (κ1) is 14.4. The molecule has 1 N–H and O–H groups in total. The third-order valence-electron chi connectivity index (χ3n) is 1.92. The van der Waals surface area contributed by atoms with E-state index in [1.54, 1.807) is 0 Å². The number of carbonyl (C=O) groups excluding carboxylic acids is 1. The van der Waals surface area contributed by atoms with Crippen molar-refractivity contribution in [3.8, 4) is 0 Å². The van der Waals surface area contributed by atoms with Gasteiger partial charge in [-0.2, -0.15) is 0 Å². The minimum atomic E-state index is -0.156. The number of carbonyl (C=O) groups is 1. The largest absolute Gasteiger partial charge is 0.463 e. The van der Waals surface area contributed by atoms with Crippen molar-refractivity contribution in [2.45, 2.75) is 27.2 Å². The molecule has 0 aliphatic rings. The summed E-state index contributed by atoms with van der Waals surface area (Å²) >= 11 is 0. The van der Waals surface area contributed by atoms with Crippen LogP contribution in [0.4, 0.5) is 0 Å². The molecule has 4 nitrogen and oxygen atoms in total. The van der Waals surface area contributed by atoms with Crippen molar-refractivity contribution in [1.82, 2.24) is 5.32 Å². The van der Waals surface area contributed by atoms with Gasteiger partial charge in [0.15, 0.2) is 0 Å². The summed E-state index contributed by atoms with van der Waals surface area (Å²) < 4.78 is 10.2. The molecule has 4 heteroatoms. The van der Waals surface area contributed by atoms with Gasteiger partial charge in [0, 0.05) is 13.2 Å². The fraction of sp³-hybridized carbons (Fsp3) is 0.909. The van der Waals surface area contributed by atoms with Gasteiger partial charge in [0.1, 0.15) is 6.61 Å². The highest BCUT2D eigenvalue weighted by Gasteiger charge is 2.12. The van der Waals surface area contributed by atoms with E-state index in [1.807, 2.05) is 20.8 Å². The van der Waals surface area contributed by atoms with Gasteiger partial charge in [-0.25, -0.2) is 0 Å². The Morgan fingerprint density at radius 2 is 2.00 bits per heavy atom. The summed E-state index contributed by atoms with van der Waals surface area (Å²) in [5.74, 6) is -0.243. The average molecular weight is 217 g/mol. The van der Waals surface area contributed by atoms with Crippen molar-refractivity contribution in [2.24, 2.45) is 5.92 Å². The Balaban J connectivity index is 3.38. The van der Waals surface area contributed by atoms with Crippen molar-refractivity contribution in [1.29, 1.82) is 0 Å². The fourth-order valence-electron chi connectivity index (χ4n) is 1.03. The SMILES string of the molecule is CCCOCCOC(=O)C(C)CNCC. The van der Waals surface area contributed by atoms with Crippen LogP contribution in [0.3, 0.4) is 0 Å². The predicted molar refractivity (Wildman–Crippen MR) is 59.8 cm³/mol. The maximum absolute atomic E-state index is 11.4. The quantitative estimate of drug-likeness (QED) is 0.466. The Morgan fingerprint density at radius 3 is 2.60 bits per heavy atom. The van der Waals surface area contributed by atoms with Gasteiger partial charge in [-0.1, -0.05) is 20.8 Å². The normalized spacial score (nSPS) is 12.5. The lowest BCUT2D eigenvalue weighted by Crippen LogP contribution is -2.28. The number of hydrogen-bond acceptors (Lipinski definition) is 4. The summed E-state index contributed by atoms with van der Waals surface area (Å²) in [5, 5.41) is 3.11. The zero-order valence-electron chi connectivity index (χ0n) is 10.0. The standard InChI is InChI=1S/C11H23NO3/c1-4-6-14-7-8-15-11(13)10(3)9-12-5-2/h10,12H,4-9H2,1-3H3. The highest BCUT2D eigenvalue weighted by Crippen LogP contribution is 1.96. The molecule has 0 saturated heterocycles. The monoisotopic (exact) mass is 217 g/mol. The minimum absolute atomic E-state index is 0.0869. The lowest BCUT2D eigenvalue weighted by molar-refractivity contribution is -0.149. The molecule has 0 saturated carbocycles. The molecule has 0 amide bonds. The molecule has 0 fully saturated rings. The van der Waals surface area contributed by atoms with Gasteiger partial charge in [0.25, 0.3) is 0 Å². The number of ether oxygens (including phenoxy) is 2. The predicted octanol–water partition coefficient (Wildman–Crippen LogP) is 1.20. The van der Waals surface area contributed by atoms with Crippen molar-refractivity contribution in [3.05, 3.63) is 0 Å². The molecule has 0 rings (SSSR count). The fourth-order valence-corrected chi connectivity index (χ4v) is 1.03. The second-order valence-electron chi connectivity index (χ2n) is 3.49. The van der Waals surface area contributed by atoms with Crippen LogP contribution in [0.25, 0.3) is 0 Å². The van der Waals surface area contributed by atoms with Crippen LogP contribution in [0.5, 0.6) is 0 Å². The van der Waals surface area contributed by atoms with E-state index in [0.29, 0.717) is 19.8 Å². The Morgan fingerprint density at radius 1 is 1.27 bits per heavy atom. The van der Waals surface area contributed by atoms with E-state index in [0.717, 1.165) is 19.6 Å². The van der Waals surface area contributed by atoms with Crippen LogP contribution in [0.1, 0.15) is 27.2 Å². The Bertz CT molecular complexity index is 162. The van der Waals surface area contributed by atoms with Crippen molar-refractivity contribution in [2.75, 3.05) is 32.9 Å². The Hall–Kier alpha value is -0.610. The average Bonchev–Trinajstić information content (AvgIpc) is 2.25. The lowest BCUT2D eigenvalue weighted by atomic mass is 10.2. The second kappa shape index (κ2) is 9.93. The summed E-state index contributed by atoms with van der Waals surface area (Å²) in [7, 11) is 0. The molecule has 0 radical (unpaired) electrons. The van der Waals surface area contributed by atoms with E-state index in [1.165, 1.54) is 0 Å². The van der Waals surface area contributed by atoms with Gasteiger partial charge in [-0.05, 0) is 13.0 Å². The zero-order chi connectivity index (χ0) is 11.5. The van der Waals surface area contributed by atoms with Crippen LogP contribution in [-0.4, -0.2) is 38.9 Å².